The lowest BCUT2D eigenvalue weighted by atomic mass is 9.99. The van der Waals surface area contributed by atoms with Crippen LogP contribution in [0, 0.1) is 11.8 Å². The Balaban J connectivity index is 2.18. The van der Waals surface area contributed by atoms with Gasteiger partial charge in [-0.15, -0.1) is 6.58 Å². The molecule has 4 nitrogen and oxygen atoms in total. The van der Waals surface area contributed by atoms with Gasteiger partial charge >= 0.3 is 5.97 Å². The Morgan fingerprint density at radius 3 is 3.29 bits per heavy atom. The lowest BCUT2D eigenvalue weighted by Gasteiger charge is -2.07. The summed E-state index contributed by atoms with van der Waals surface area (Å²) in [5.41, 5.74) is 1.11. The molecule has 1 heterocycles. The van der Waals surface area contributed by atoms with Gasteiger partial charge in [0.05, 0.1) is 11.9 Å². The zero-order valence-electron chi connectivity index (χ0n) is 7.53. The number of aromatic amines is 1. The molecule has 0 spiro atoms. The van der Waals surface area contributed by atoms with Crippen LogP contribution in [0.4, 0.5) is 0 Å². The van der Waals surface area contributed by atoms with E-state index in [1.54, 1.807) is 12.3 Å². The Morgan fingerprint density at radius 2 is 2.64 bits per heavy atom. The van der Waals surface area contributed by atoms with E-state index in [0.717, 1.165) is 17.7 Å². The summed E-state index contributed by atoms with van der Waals surface area (Å²) >= 11 is 0. The van der Waals surface area contributed by atoms with E-state index in [2.05, 4.69) is 16.8 Å². The van der Waals surface area contributed by atoms with E-state index in [4.69, 9.17) is 0 Å². The number of hydrogen-bond acceptors (Lipinski definition) is 2. The van der Waals surface area contributed by atoms with Crippen LogP contribution in [0.3, 0.4) is 0 Å². The van der Waals surface area contributed by atoms with E-state index in [0.29, 0.717) is 0 Å². The van der Waals surface area contributed by atoms with Crippen LogP contribution in [-0.4, -0.2) is 21.3 Å². The average Bonchev–Trinajstić information content (AvgIpc) is 2.48. The topological polar surface area (TPSA) is 66.0 Å². The van der Waals surface area contributed by atoms with Gasteiger partial charge in [-0.25, -0.2) is 0 Å². The summed E-state index contributed by atoms with van der Waals surface area (Å²) < 4.78 is 0. The molecule has 3 unspecified atom stereocenters. The lowest BCUT2D eigenvalue weighted by Crippen LogP contribution is -2.22. The molecule has 0 saturated heterocycles. The van der Waals surface area contributed by atoms with Gasteiger partial charge in [-0.05, 0) is 17.9 Å². The van der Waals surface area contributed by atoms with Crippen molar-refractivity contribution in [1.82, 2.24) is 10.2 Å². The SMILES string of the molecule is C=CC1C2Cc3cn[nH]c3C12C(=O)O. The molecule has 14 heavy (non-hydrogen) atoms. The molecular weight excluding hydrogens is 180 g/mol. The predicted molar refractivity (Wildman–Crippen MR) is 48.8 cm³/mol. The van der Waals surface area contributed by atoms with E-state index in [-0.39, 0.29) is 11.8 Å². The monoisotopic (exact) mass is 190 g/mol. The Kier molecular flexibility index (Phi) is 1.16. The standard InChI is InChI=1S/C10H10N2O2/c1-2-6-7-3-5-4-11-12-8(5)10(6,7)9(13)14/h2,4,6-7H,1,3H2,(H,11,12)(H,13,14). The van der Waals surface area contributed by atoms with E-state index < -0.39 is 11.4 Å². The van der Waals surface area contributed by atoms with Gasteiger partial charge in [0.1, 0.15) is 5.41 Å². The first-order valence-corrected chi connectivity index (χ1v) is 4.61. The molecule has 0 radical (unpaired) electrons. The first kappa shape index (κ1) is 7.79. The second-order valence-electron chi connectivity index (χ2n) is 4.02. The first-order chi connectivity index (χ1) is 6.72. The first-order valence-electron chi connectivity index (χ1n) is 4.61. The molecule has 3 atom stereocenters. The molecule has 0 aliphatic heterocycles. The highest BCUT2D eigenvalue weighted by molar-refractivity contribution is 5.89. The minimum Gasteiger partial charge on any atom is -0.481 e. The Labute approximate surface area is 80.6 Å². The smallest absolute Gasteiger partial charge is 0.316 e. The largest absolute Gasteiger partial charge is 0.481 e. The summed E-state index contributed by atoms with van der Waals surface area (Å²) in [5, 5.41) is 16.0. The van der Waals surface area contributed by atoms with Crippen molar-refractivity contribution in [3.05, 3.63) is 30.1 Å². The van der Waals surface area contributed by atoms with Gasteiger partial charge in [0, 0.05) is 5.92 Å². The molecule has 0 aromatic carbocycles. The highest BCUT2D eigenvalue weighted by Crippen LogP contribution is 2.66. The lowest BCUT2D eigenvalue weighted by molar-refractivity contribution is -0.140. The number of rotatable bonds is 2. The number of fused-ring (bicyclic) bond motifs is 3. The minimum absolute atomic E-state index is 0.0768. The van der Waals surface area contributed by atoms with Crippen LogP contribution in [0.2, 0.25) is 0 Å². The van der Waals surface area contributed by atoms with Crippen molar-refractivity contribution in [1.29, 1.82) is 0 Å². The van der Waals surface area contributed by atoms with Crippen LogP contribution in [0.25, 0.3) is 0 Å². The quantitative estimate of drug-likeness (QED) is 0.675. The van der Waals surface area contributed by atoms with Crippen LogP contribution in [0.5, 0.6) is 0 Å². The van der Waals surface area contributed by atoms with Crippen LogP contribution < -0.4 is 0 Å². The summed E-state index contributed by atoms with van der Waals surface area (Å²) in [6.45, 7) is 3.69. The summed E-state index contributed by atoms with van der Waals surface area (Å²) in [4.78, 5) is 11.3. The Morgan fingerprint density at radius 1 is 1.86 bits per heavy atom. The van der Waals surface area contributed by atoms with Crippen molar-refractivity contribution < 1.29 is 9.90 Å². The van der Waals surface area contributed by atoms with Crippen LogP contribution in [-0.2, 0) is 16.6 Å². The third-order valence-electron chi connectivity index (χ3n) is 3.61. The predicted octanol–water partition coefficient (Wildman–Crippen LogP) is 0.720. The molecule has 2 N–H and O–H groups in total. The molecule has 1 fully saturated rings. The second-order valence-corrected chi connectivity index (χ2v) is 4.02. The molecular formula is C10H10N2O2. The number of carboxylic acids is 1. The molecule has 1 saturated carbocycles. The van der Waals surface area contributed by atoms with Gasteiger partial charge in [-0.3, -0.25) is 9.89 Å². The van der Waals surface area contributed by atoms with Crippen LogP contribution in [0.15, 0.2) is 18.9 Å². The molecule has 0 amide bonds. The van der Waals surface area contributed by atoms with Gasteiger partial charge in [0.25, 0.3) is 0 Å². The number of nitrogens with one attached hydrogen (secondary N) is 1. The van der Waals surface area contributed by atoms with Crippen molar-refractivity contribution in [2.45, 2.75) is 11.8 Å². The highest BCUT2D eigenvalue weighted by Gasteiger charge is 2.74. The molecule has 1 aromatic rings. The van der Waals surface area contributed by atoms with Gasteiger partial charge in [0.15, 0.2) is 0 Å². The van der Waals surface area contributed by atoms with E-state index >= 15 is 0 Å². The Hall–Kier alpha value is -1.58. The third kappa shape index (κ3) is 0.566. The molecule has 0 bridgehead atoms. The average molecular weight is 190 g/mol. The number of allylic oxidation sites excluding steroid dienone is 1. The van der Waals surface area contributed by atoms with E-state index in [9.17, 15) is 9.90 Å². The Bertz CT molecular complexity index is 437. The minimum atomic E-state index is -0.754. The van der Waals surface area contributed by atoms with Gasteiger partial charge in [-0.1, -0.05) is 6.08 Å². The van der Waals surface area contributed by atoms with Crippen molar-refractivity contribution in [2.24, 2.45) is 11.8 Å². The number of H-pyrrole nitrogens is 1. The van der Waals surface area contributed by atoms with Crippen molar-refractivity contribution in [3.63, 3.8) is 0 Å². The molecule has 1 aromatic heterocycles. The van der Waals surface area contributed by atoms with Crippen LogP contribution in [0.1, 0.15) is 11.3 Å². The van der Waals surface area contributed by atoms with Gasteiger partial charge in [-0.2, -0.15) is 5.10 Å². The van der Waals surface area contributed by atoms with Crippen molar-refractivity contribution in [3.8, 4) is 0 Å². The second kappa shape index (κ2) is 2.08. The maximum Gasteiger partial charge on any atom is 0.316 e. The maximum absolute atomic E-state index is 11.3. The van der Waals surface area contributed by atoms with E-state index in [1.165, 1.54) is 0 Å². The van der Waals surface area contributed by atoms with Gasteiger partial charge in [0.2, 0.25) is 0 Å². The number of nitrogens with zero attached hydrogens (tertiary/aromatic N) is 1. The van der Waals surface area contributed by atoms with Crippen LogP contribution >= 0.6 is 0 Å². The highest BCUT2D eigenvalue weighted by atomic mass is 16.4. The number of carbonyl (C=O) groups is 1. The zero-order chi connectivity index (χ0) is 9.92. The molecule has 3 rings (SSSR count). The fraction of sp³-hybridized carbons (Fsp3) is 0.400. The molecule has 72 valence electrons. The summed E-state index contributed by atoms with van der Waals surface area (Å²) in [5.74, 6) is -0.481. The third-order valence-corrected chi connectivity index (χ3v) is 3.61. The van der Waals surface area contributed by atoms with E-state index in [1.807, 2.05) is 0 Å². The van der Waals surface area contributed by atoms with Gasteiger partial charge < -0.3 is 5.11 Å². The number of carboxylic acid groups (broad SMARTS) is 1. The molecule has 4 heteroatoms. The maximum atomic E-state index is 11.3. The summed E-state index contributed by atoms with van der Waals surface area (Å²) in [6.07, 6.45) is 4.30. The number of hydrogen-bond donors (Lipinski definition) is 2. The number of aliphatic carboxylic acids is 1. The zero-order valence-corrected chi connectivity index (χ0v) is 7.53. The molecule has 2 aliphatic rings. The summed E-state index contributed by atoms with van der Waals surface area (Å²) in [6, 6.07) is 0. The molecule has 2 aliphatic carbocycles. The summed E-state index contributed by atoms with van der Waals surface area (Å²) in [7, 11) is 0. The van der Waals surface area contributed by atoms with Crippen molar-refractivity contribution >= 4 is 5.97 Å². The number of aromatic nitrogens is 2. The fourth-order valence-corrected chi connectivity index (χ4v) is 2.95. The fourth-order valence-electron chi connectivity index (χ4n) is 2.95. The normalized spacial score (nSPS) is 37.4. The van der Waals surface area contributed by atoms with Crippen molar-refractivity contribution in [2.75, 3.05) is 0 Å².